The van der Waals surface area contributed by atoms with Crippen LogP contribution in [-0.2, 0) is 9.59 Å². The van der Waals surface area contributed by atoms with Gasteiger partial charge in [0, 0.05) is 5.56 Å². The molecule has 0 bridgehead atoms. The van der Waals surface area contributed by atoms with Gasteiger partial charge in [0.05, 0.1) is 28.0 Å². The fourth-order valence-corrected chi connectivity index (χ4v) is 5.16. The lowest BCUT2D eigenvalue weighted by Crippen LogP contribution is -2.52. The first-order valence-electron chi connectivity index (χ1n) is 12.7. The first kappa shape index (κ1) is 27.0. The number of amides is 3. The maximum Gasteiger partial charge on any atom is 0.343 e. The zero-order valence-corrected chi connectivity index (χ0v) is 22.3. The molecule has 0 radical (unpaired) electrons. The van der Waals surface area contributed by atoms with E-state index in [0.29, 0.717) is 18.4 Å². The molecule has 3 aromatic rings. The highest BCUT2D eigenvalue weighted by atomic mass is 35.5. The topological polar surface area (TPSA) is 101 Å². The molecule has 5 rings (SSSR count). The minimum atomic E-state index is -0.739. The molecule has 202 valence electrons. The average molecular weight is 557 g/mol. The van der Waals surface area contributed by atoms with Crippen LogP contribution in [0.3, 0.4) is 0 Å². The molecule has 0 unspecified atom stereocenters. The molecule has 1 aliphatic heterocycles. The lowest BCUT2D eigenvalue weighted by molar-refractivity contribution is -0.154. The van der Waals surface area contributed by atoms with Crippen LogP contribution in [0.15, 0.2) is 90.5 Å². The van der Waals surface area contributed by atoms with E-state index < -0.39 is 47.9 Å². The molecule has 1 saturated heterocycles. The van der Waals surface area contributed by atoms with Gasteiger partial charge in [0.1, 0.15) is 12.3 Å². The van der Waals surface area contributed by atoms with Crippen molar-refractivity contribution < 1.29 is 28.7 Å². The first-order chi connectivity index (χ1) is 19.2. The monoisotopic (exact) mass is 556 g/mol. The molecular weight excluding hydrogens is 532 g/mol. The molecule has 0 aromatic heterocycles. The Labute approximate surface area is 235 Å². The highest BCUT2D eigenvalue weighted by Crippen LogP contribution is 2.39. The summed E-state index contributed by atoms with van der Waals surface area (Å²) in [6.45, 7) is 1.32. The fraction of sp³-hybridized carbons (Fsp3) is 0.194. The Morgan fingerprint density at radius 2 is 1.52 bits per heavy atom. The third kappa shape index (κ3) is 5.31. The molecule has 9 heteroatoms. The van der Waals surface area contributed by atoms with E-state index in [9.17, 15) is 24.0 Å². The van der Waals surface area contributed by atoms with E-state index in [1.807, 2.05) is 13.0 Å². The molecule has 1 fully saturated rings. The van der Waals surface area contributed by atoms with E-state index >= 15 is 0 Å². The number of allylic oxidation sites excluding steroid dienone is 2. The predicted molar refractivity (Wildman–Crippen MR) is 146 cm³/mol. The summed E-state index contributed by atoms with van der Waals surface area (Å²) >= 11 is 6.27. The number of ketones is 1. The maximum absolute atomic E-state index is 13.7. The van der Waals surface area contributed by atoms with Gasteiger partial charge in [-0.25, -0.2) is 9.80 Å². The van der Waals surface area contributed by atoms with Gasteiger partial charge in [0.25, 0.3) is 17.7 Å². The lowest BCUT2D eigenvalue weighted by Gasteiger charge is -2.30. The van der Waals surface area contributed by atoms with Gasteiger partial charge in [-0.05, 0) is 68.3 Å². The second kappa shape index (κ2) is 11.3. The Balaban J connectivity index is 1.39. The molecule has 1 heterocycles. The number of carbonyl (C=O) groups is 5. The minimum Gasteiger partial charge on any atom is -0.423 e. The number of hydrogen-bond donors (Lipinski definition) is 0. The number of Topliss-reactive ketones (excluding diaryl/α,β-unsaturated/α-hetero) is 1. The first-order valence-corrected chi connectivity index (χ1v) is 13.1. The summed E-state index contributed by atoms with van der Waals surface area (Å²) in [6, 6.07) is 20.5. The van der Waals surface area contributed by atoms with Gasteiger partial charge in [-0.2, -0.15) is 5.01 Å². The van der Waals surface area contributed by atoms with Crippen molar-refractivity contribution in [2.75, 3.05) is 6.54 Å². The largest absolute Gasteiger partial charge is 0.423 e. The summed E-state index contributed by atoms with van der Waals surface area (Å²) in [5.41, 5.74) is 1.63. The SMILES string of the molecule is CC1=CC[C@H]2C(=O)N(N(CC(=O)c3ccc(OC(=O)c4ccccc4)cc3)C(=O)c3ccccc3Cl)C(=O)[C@@H]2C1. The summed E-state index contributed by atoms with van der Waals surface area (Å²) in [4.78, 5) is 66.2. The third-order valence-corrected chi connectivity index (χ3v) is 7.40. The van der Waals surface area contributed by atoms with Crippen LogP contribution in [0.2, 0.25) is 5.02 Å². The van der Waals surface area contributed by atoms with Crippen molar-refractivity contribution in [2.24, 2.45) is 11.8 Å². The Bertz CT molecular complexity index is 1530. The number of esters is 1. The van der Waals surface area contributed by atoms with Gasteiger partial charge >= 0.3 is 5.97 Å². The number of hydrazine groups is 1. The highest BCUT2D eigenvalue weighted by molar-refractivity contribution is 6.34. The van der Waals surface area contributed by atoms with Crippen molar-refractivity contribution in [1.82, 2.24) is 10.0 Å². The summed E-state index contributed by atoms with van der Waals surface area (Å²) in [5.74, 6) is -3.80. The Morgan fingerprint density at radius 3 is 2.23 bits per heavy atom. The standard InChI is InChI=1S/C31H25ClN2O6/c1-19-11-16-23-25(17-19)30(38)34(29(23)37)33(28(36)24-9-5-6-10-26(24)32)18-27(35)20-12-14-22(15-13-20)40-31(39)21-7-3-2-4-8-21/h2-15,23,25H,16-18H2,1H3/t23-,25-/m1/s1. The van der Waals surface area contributed by atoms with Gasteiger partial charge < -0.3 is 4.74 Å². The van der Waals surface area contributed by atoms with E-state index in [1.54, 1.807) is 42.5 Å². The summed E-state index contributed by atoms with van der Waals surface area (Å²) < 4.78 is 5.37. The van der Waals surface area contributed by atoms with Crippen molar-refractivity contribution in [3.8, 4) is 5.75 Å². The minimum absolute atomic E-state index is 0.0601. The van der Waals surface area contributed by atoms with Gasteiger partial charge in [0.15, 0.2) is 5.78 Å². The van der Waals surface area contributed by atoms with Crippen LogP contribution in [-0.4, -0.2) is 46.0 Å². The van der Waals surface area contributed by atoms with Crippen LogP contribution in [0.4, 0.5) is 0 Å². The van der Waals surface area contributed by atoms with Crippen LogP contribution in [0.5, 0.6) is 5.75 Å². The molecule has 2 atom stereocenters. The van der Waals surface area contributed by atoms with Crippen molar-refractivity contribution in [2.45, 2.75) is 19.8 Å². The Kier molecular flexibility index (Phi) is 7.62. The number of fused-ring (bicyclic) bond motifs is 1. The van der Waals surface area contributed by atoms with Crippen LogP contribution in [0, 0.1) is 11.8 Å². The molecule has 0 spiro atoms. The van der Waals surface area contributed by atoms with Crippen molar-refractivity contribution in [3.05, 3.63) is 112 Å². The van der Waals surface area contributed by atoms with Crippen LogP contribution in [0.25, 0.3) is 0 Å². The number of carbonyl (C=O) groups excluding carboxylic acids is 5. The van der Waals surface area contributed by atoms with Crippen molar-refractivity contribution >= 4 is 41.1 Å². The maximum atomic E-state index is 13.7. The average Bonchev–Trinajstić information content (AvgIpc) is 3.20. The number of benzene rings is 3. The summed E-state index contributed by atoms with van der Waals surface area (Å²) in [5, 5.41) is 1.84. The number of imide groups is 1. The van der Waals surface area contributed by atoms with Gasteiger partial charge in [-0.3, -0.25) is 19.2 Å². The van der Waals surface area contributed by atoms with Crippen LogP contribution < -0.4 is 4.74 Å². The number of nitrogens with zero attached hydrogens (tertiary/aromatic N) is 2. The summed E-state index contributed by atoms with van der Waals surface area (Å²) in [7, 11) is 0. The molecule has 3 amide bonds. The van der Waals surface area contributed by atoms with Crippen LogP contribution in [0.1, 0.15) is 50.8 Å². The van der Waals surface area contributed by atoms with Gasteiger partial charge in [-0.1, -0.05) is 53.6 Å². The highest BCUT2D eigenvalue weighted by Gasteiger charge is 2.51. The normalized spacial score (nSPS) is 18.1. The van der Waals surface area contributed by atoms with E-state index in [4.69, 9.17) is 16.3 Å². The molecule has 2 aliphatic rings. The number of halogens is 1. The quantitative estimate of drug-likeness (QED) is 0.131. The predicted octanol–water partition coefficient (Wildman–Crippen LogP) is 5.14. The second-order valence-corrected chi connectivity index (χ2v) is 10.1. The lowest BCUT2D eigenvalue weighted by atomic mass is 9.82. The number of ether oxygens (including phenoxy) is 1. The van der Waals surface area contributed by atoms with Gasteiger partial charge in [-0.15, -0.1) is 0 Å². The zero-order chi connectivity index (χ0) is 28.4. The number of hydrogen-bond acceptors (Lipinski definition) is 6. The Hall–Kier alpha value is -4.56. The molecular formula is C31H25ClN2O6. The number of rotatable bonds is 7. The molecule has 40 heavy (non-hydrogen) atoms. The van der Waals surface area contributed by atoms with Crippen molar-refractivity contribution in [1.29, 1.82) is 0 Å². The molecule has 8 nitrogen and oxygen atoms in total. The fourth-order valence-electron chi connectivity index (χ4n) is 4.94. The van der Waals surface area contributed by atoms with Gasteiger partial charge in [0.2, 0.25) is 0 Å². The molecule has 0 N–H and O–H groups in total. The van der Waals surface area contributed by atoms with Crippen molar-refractivity contribution in [3.63, 3.8) is 0 Å². The molecule has 0 saturated carbocycles. The van der Waals surface area contributed by atoms with Crippen LogP contribution >= 0.6 is 11.6 Å². The molecule has 1 aliphatic carbocycles. The smallest absolute Gasteiger partial charge is 0.343 e. The van der Waals surface area contributed by atoms with E-state index in [0.717, 1.165) is 15.6 Å². The molecule has 3 aromatic carbocycles. The van der Waals surface area contributed by atoms with E-state index in [-0.39, 0.29) is 21.9 Å². The zero-order valence-electron chi connectivity index (χ0n) is 21.6. The second-order valence-electron chi connectivity index (χ2n) is 9.74. The van der Waals surface area contributed by atoms with E-state index in [2.05, 4.69) is 0 Å². The Morgan fingerprint density at radius 1 is 0.875 bits per heavy atom. The van der Waals surface area contributed by atoms with E-state index in [1.165, 1.54) is 36.4 Å². The third-order valence-electron chi connectivity index (χ3n) is 7.07. The summed E-state index contributed by atoms with van der Waals surface area (Å²) in [6.07, 6.45) is 2.73.